The van der Waals surface area contributed by atoms with Crippen LogP contribution < -0.4 is 16.7 Å². The number of aryl methyl sites for hydroxylation is 4. The monoisotopic (exact) mass is 1270 g/mol. The first-order valence-corrected chi connectivity index (χ1v) is 34.8. The molecule has 0 radical (unpaired) electrons. The largest absolute Gasteiger partial charge is 0.508 e. The summed E-state index contributed by atoms with van der Waals surface area (Å²) in [5.74, 6) is -7.52. The Morgan fingerprint density at radius 2 is 0.466 bits per heavy atom. The zero-order valence-corrected chi connectivity index (χ0v) is 53.4. The van der Waals surface area contributed by atoms with Gasteiger partial charge in [0.15, 0.2) is 23.0 Å². The van der Waals surface area contributed by atoms with Crippen LogP contribution in [0.1, 0.15) is 169 Å². The molecule has 20 heteroatoms. The van der Waals surface area contributed by atoms with E-state index in [4.69, 9.17) is 16.7 Å². The van der Waals surface area contributed by atoms with E-state index >= 15 is 0 Å². The van der Waals surface area contributed by atoms with E-state index in [-0.39, 0.29) is 113 Å². The van der Waals surface area contributed by atoms with Gasteiger partial charge < -0.3 is 37.2 Å². The van der Waals surface area contributed by atoms with Crippen LogP contribution in [0.3, 0.4) is 0 Å². The first-order chi connectivity index (χ1) is 41.7. The standard InChI is InChI=1S/C68H72O16S4/c1-9-13-49-53-33-54(62(70)37-61(53)69)50(14-10-2)59-36-60(68(84-88(79,80)48-31-23-44(8)24-32-48)40-67(59)83-87(77,78)47-29-21-43(7)22-30-47)52(16-12-4)56-34-55(63(71)38-64(56)72)51(15-11-3)58-35-57(49)65(81-85(73,74)45-25-17-41(5)18-26-45)39-66(58)82-86(75,76)46-27-19-42(6)20-28-46/h17-40,49-52,69-72H,9-16H2,1-8H3. The fraction of sp³-hybridized carbons (Fsp3) is 0.294. The molecule has 0 aliphatic heterocycles. The summed E-state index contributed by atoms with van der Waals surface area (Å²) in [4.78, 5) is -0.946. The van der Waals surface area contributed by atoms with Gasteiger partial charge in [-0.25, -0.2) is 0 Å². The summed E-state index contributed by atoms with van der Waals surface area (Å²) in [6, 6.07) is 34.4. The summed E-state index contributed by atoms with van der Waals surface area (Å²) >= 11 is 0. The first-order valence-electron chi connectivity index (χ1n) is 29.2. The lowest BCUT2D eigenvalue weighted by Gasteiger charge is -2.30. The van der Waals surface area contributed by atoms with Crippen LogP contribution in [0, 0.1) is 27.7 Å². The average molecular weight is 1270 g/mol. The van der Waals surface area contributed by atoms with E-state index in [1.165, 1.54) is 60.7 Å². The van der Waals surface area contributed by atoms with Crippen LogP contribution in [-0.2, 0) is 40.5 Å². The molecule has 0 saturated carbocycles. The van der Waals surface area contributed by atoms with Crippen molar-refractivity contribution in [3.05, 3.63) is 212 Å². The van der Waals surface area contributed by atoms with Gasteiger partial charge in [-0.15, -0.1) is 0 Å². The van der Waals surface area contributed by atoms with Crippen molar-refractivity contribution in [1.29, 1.82) is 0 Å². The second kappa shape index (κ2) is 26.0. The molecule has 0 aromatic heterocycles. The minimum atomic E-state index is -4.76. The molecule has 88 heavy (non-hydrogen) atoms. The van der Waals surface area contributed by atoms with Crippen molar-refractivity contribution in [1.82, 2.24) is 0 Å². The summed E-state index contributed by atoms with van der Waals surface area (Å²) in [5.41, 5.74) is 4.04. The van der Waals surface area contributed by atoms with Gasteiger partial charge in [0, 0.05) is 92.4 Å². The van der Waals surface area contributed by atoms with Gasteiger partial charge >= 0.3 is 40.5 Å². The van der Waals surface area contributed by atoms with Crippen molar-refractivity contribution >= 4 is 40.5 Å². The van der Waals surface area contributed by atoms with Gasteiger partial charge in [0.05, 0.1) is 0 Å². The van der Waals surface area contributed by atoms with Gasteiger partial charge in [-0.1, -0.05) is 124 Å². The molecule has 1 aliphatic carbocycles. The molecule has 1 aliphatic rings. The van der Waals surface area contributed by atoms with Crippen LogP contribution in [-0.4, -0.2) is 54.1 Å². The molecule has 8 aromatic carbocycles. The molecule has 4 atom stereocenters. The van der Waals surface area contributed by atoms with Gasteiger partial charge in [-0.05, 0) is 126 Å². The quantitative estimate of drug-likeness (QED) is 0.0517. The van der Waals surface area contributed by atoms with Crippen molar-refractivity contribution in [2.75, 3.05) is 0 Å². The predicted octanol–water partition coefficient (Wildman–Crippen LogP) is 14.9. The van der Waals surface area contributed by atoms with Crippen molar-refractivity contribution in [3.63, 3.8) is 0 Å². The van der Waals surface area contributed by atoms with Crippen LogP contribution in [0.4, 0.5) is 0 Å². The Labute approximate surface area is 516 Å². The van der Waals surface area contributed by atoms with E-state index < -0.39 is 87.1 Å². The van der Waals surface area contributed by atoms with Crippen LogP contribution in [0.25, 0.3) is 0 Å². The Balaban J connectivity index is 1.44. The fourth-order valence-electron chi connectivity index (χ4n) is 11.5. The topological polar surface area (TPSA) is 254 Å². The number of hydrogen-bond donors (Lipinski definition) is 4. The van der Waals surface area contributed by atoms with E-state index in [0.29, 0.717) is 25.7 Å². The Hall–Kier alpha value is -8.04. The molecule has 4 unspecified atom stereocenters. The number of rotatable bonds is 20. The lowest BCUT2D eigenvalue weighted by molar-refractivity contribution is 0.433. The third-order valence-corrected chi connectivity index (χ3v) is 21.0. The number of fused-ring (bicyclic) bond motifs is 8. The average Bonchev–Trinajstić information content (AvgIpc) is 1.77. The summed E-state index contributed by atoms with van der Waals surface area (Å²) in [6.45, 7) is 14.6. The Morgan fingerprint density at radius 3 is 0.648 bits per heavy atom. The lowest BCUT2D eigenvalue weighted by Crippen LogP contribution is -2.18. The van der Waals surface area contributed by atoms with Gasteiger partial charge in [0.1, 0.15) is 42.6 Å². The maximum absolute atomic E-state index is 14.7. The molecule has 8 aromatic rings. The van der Waals surface area contributed by atoms with E-state index in [1.54, 1.807) is 100 Å². The summed E-state index contributed by atoms with van der Waals surface area (Å²) < 4.78 is 142. The molecule has 0 fully saturated rings. The molecule has 16 nitrogen and oxygen atoms in total. The molecule has 0 heterocycles. The fourth-order valence-corrected chi connectivity index (χ4v) is 15.2. The molecular formula is C68H72O16S4. The molecule has 0 saturated heterocycles. The number of hydrogen-bond acceptors (Lipinski definition) is 16. The second-order valence-corrected chi connectivity index (χ2v) is 28.7. The lowest BCUT2D eigenvalue weighted by atomic mass is 9.77. The normalized spacial score (nSPS) is 16.2. The highest BCUT2D eigenvalue weighted by molar-refractivity contribution is 7.88. The van der Waals surface area contributed by atoms with Crippen molar-refractivity contribution in [2.45, 2.75) is 150 Å². The van der Waals surface area contributed by atoms with E-state index in [0.717, 1.165) is 34.4 Å². The van der Waals surface area contributed by atoms with Crippen LogP contribution >= 0.6 is 0 Å². The summed E-state index contributed by atoms with van der Waals surface area (Å²) in [6.07, 6.45) is 2.12. The van der Waals surface area contributed by atoms with Gasteiger partial charge in [0.2, 0.25) is 0 Å². The Bertz CT molecular complexity index is 3810. The van der Waals surface area contributed by atoms with Gasteiger partial charge in [-0.3, -0.25) is 0 Å². The van der Waals surface area contributed by atoms with E-state index in [1.807, 2.05) is 27.7 Å². The molecule has 9 rings (SSSR count). The molecule has 4 N–H and O–H groups in total. The molecule has 0 spiro atoms. The Kier molecular flexibility index (Phi) is 19.0. The molecule has 0 amide bonds. The van der Waals surface area contributed by atoms with Crippen molar-refractivity contribution < 1.29 is 70.8 Å². The van der Waals surface area contributed by atoms with Gasteiger partial charge in [-0.2, -0.15) is 33.7 Å². The maximum Gasteiger partial charge on any atom is 0.339 e. The third-order valence-electron chi connectivity index (χ3n) is 16.0. The number of phenolic OH excluding ortho intramolecular Hbond substituents is 4. The summed E-state index contributed by atoms with van der Waals surface area (Å²) in [5, 5.41) is 49.3. The molecular weight excluding hydrogens is 1200 g/mol. The predicted molar refractivity (Wildman–Crippen MR) is 335 cm³/mol. The Morgan fingerprint density at radius 1 is 0.284 bits per heavy atom. The minimum Gasteiger partial charge on any atom is -0.508 e. The smallest absolute Gasteiger partial charge is 0.339 e. The number of benzene rings is 8. The molecule has 8 bridgehead atoms. The summed E-state index contributed by atoms with van der Waals surface area (Å²) in [7, 11) is -19.0. The van der Waals surface area contributed by atoms with E-state index in [9.17, 15) is 54.1 Å². The van der Waals surface area contributed by atoms with E-state index in [2.05, 4.69) is 0 Å². The zero-order chi connectivity index (χ0) is 63.6. The third kappa shape index (κ3) is 13.6. The van der Waals surface area contributed by atoms with Crippen molar-refractivity contribution in [3.8, 4) is 46.0 Å². The maximum atomic E-state index is 14.7. The minimum absolute atomic E-state index is 0.119. The zero-order valence-electron chi connectivity index (χ0n) is 50.1. The van der Waals surface area contributed by atoms with Crippen LogP contribution in [0.2, 0.25) is 0 Å². The highest BCUT2D eigenvalue weighted by Crippen LogP contribution is 2.54. The van der Waals surface area contributed by atoms with Crippen LogP contribution in [0.15, 0.2) is 165 Å². The first kappa shape index (κ1) is 64.4. The SMILES string of the molecule is CCCC1c2cc(c(O)cc2O)C(CCC)c2cc(c(OS(=O)(=O)c3ccc(C)cc3)cc2OS(=O)(=O)c2ccc(C)cc2)C(CCC)c2cc(c(O)cc2O)C(CCC)c2cc1c(OS(=O)(=O)c1ccc(C)cc1)cc2OS(=O)(=O)c1ccc(C)cc1. The highest BCUT2D eigenvalue weighted by atomic mass is 32.2. The van der Waals surface area contributed by atoms with Crippen molar-refractivity contribution in [2.24, 2.45) is 0 Å². The van der Waals surface area contributed by atoms with Gasteiger partial charge in [0.25, 0.3) is 0 Å². The van der Waals surface area contributed by atoms with Crippen LogP contribution in [0.5, 0.6) is 46.0 Å². The highest BCUT2D eigenvalue weighted by Gasteiger charge is 2.37. The molecule has 464 valence electrons. The second-order valence-electron chi connectivity index (χ2n) is 22.6. The number of aromatic hydroxyl groups is 4. The number of phenols is 4.